The van der Waals surface area contributed by atoms with Crippen molar-refractivity contribution in [3.05, 3.63) is 47.5 Å². The van der Waals surface area contributed by atoms with Gasteiger partial charge in [0.2, 0.25) is 0 Å². The highest BCUT2D eigenvalue weighted by atomic mass is 15.4. The molecular weight excluding hydrogens is 286 g/mol. The number of likely N-dealkylation sites (tertiary alicyclic amines) is 1. The summed E-state index contributed by atoms with van der Waals surface area (Å²) < 4.78 is 2.17. The van der Waals surface area contributed by atoms with Crippen molar-refractivity contribution < 1.29 is 0 Å². The molecule has 2 aromatic rings. The lowest BCUT2D eigenvalue weighted by Gasteiger charge is -2.21. The van der Waals surface area contributed by atoms with Crippen molar-refractivity contribution in [3.63, 3.8) is 0 Å². The van der Waals surface area contributed by atoms with Crippen LogP contribution in [0.4, 0.5) is 0 Å². The van der Waals surface area contributed by atoms with E-state index in [1.54, 1.807) is 6.33 Å². The Hall–Kier alpha value is -1.72. The maximum atomic E-state index is 4.55. The molecule has 1 aliphatic carbocycles. The van der Waals surface area contributed by atoms with Crippen LogP contribution in [-0.2, 0) is 19.4 Å². The van der Waals surface area contributed by atoms with Crippen LogP contribution in [0.15, 0.2) is 30.6 Å². The first-order valence-electron chi connectivity index (χ1n) is 8.54. The number of benzene rings is 1. The summed E-state index contributed by atoms with van der Waals surface area (Å²) in [5, 5.41) is 4.55. The molecular formula is C18H25N5. The highest BCUT2D eigenvalue weighted by Gasteiger charge is 2.28. The van der Waals surface area contributed by atoms with E-state index in [4.69, 9.17) is 0 Å². The van der Waals surface area contributed by atoms with Gasteiger partial charge in [-0.3, -0.25) is 4.90 Å². The van der Waals surface area contributed by atoms with Crippen LogP contribution >= 0.6 is 0 Å². The molecule has 1 aromatic heterocycles. The zero-order chi connectivity index (χ0) is 15.8. The zero-order valence-corrected chi connectivity index (χ0v) is 14.0. The van der Waals surface area contributed by atoms with Crippen molar-refractivity contribution in [3.8, 4) is 0 Å². The van der Waals surface area contributed by atoms with E-state index in [2.05, 4.69) is 62.9 Å². The lowest BCUT2D eigenvalue weighted by molar-refractivity contribution is 0.256. The molecule has 2 heterocycles. The van der Waals surface area contributed by atoms with Crippen LogP contribution in [0.1, 0.15) is 29.4 Å². The summed E-state index contributed by atoms with van der Waals surface area (Å²) in [6, 6.07) is 9.85. The largest absolute Gasteiger partial charge is 0.305 e. The maximum Gasteiger partial charge on any atom is 0.141 e. The van der Waals surface area contributed by atoms with E-state index in [9.17, 15) is 0 Å². The molecule has 2 aliphatic rings. The molecule has 1 fully saturated rings. The van der Waals surface area contributed by atoms with Gasteiger partial charge in [-0.05, 0) is 44.5 Å². The fourth-order valence-electron chi connectivity index (χ4n) is 3.98. The Morgan fingerprint density at radius 3 is 2.57 bits per heavy atom. The third-order valence-electron chi connectivity index (χ3n) is 5.37. The Morgan fingerprint density at radius 2 is 1.91 bits per heavy atom. The van der Waals surface area contributed by atoms with Gasteiger partial charge in [0.15, 0.2) is 0 Å². The van der Waals surface area contributed by atoms with Crippen molar-refractivity contribution in [1.82, 2.24) is 24.6 Å². The predicted octanol–water partition coefficient (Wildman–Crippen LogP) is 1.75. The molecule has 0 bridgehead atoms. The van der Waals surface area contributed by atoms with E-state index in [0.717, 1.165) is 38.3 Å². The van der Waals surface area contributed by atoms with E-state index in [1.165, 1.54) is 17.5 Å². The summed E-state index contributed by atoms with van der Waals surface area (Å²) in [4.78, 5) is 9.39. The molecule has 4 rings (SSSR count). The fourth-order valence-corrected chi connectivity index (χ4v) is 3.98. The van der Waals surface area contributed by atoms with Gasteiger partial charge in [0.05, 0.1) is 12.6 Å². The Bertz CT molecular complexity index is 653. The van der Waals surface area contributed by atoms with Gasteiger partial charge in [0.25, 0.3) is 0 Å². The first-order valence-corrected chi connectivity index (χ1v) is 8.54. The predicted molar refractivity (Wildman–Crippen MR) is 90.3 cm³/mol. The minimum atomic E-state index is 0.428. The number of aromatic nitrogens is 3. The topological polar surface area (TPSA) is 37.2 Å². The minimum absolute atomic E-state index is 0.428. The number of hydrogen-bond acceptors (Lipinski definition) is 4. The lowest BCUT2D eigenvalue weighted by atomic mass is 10.1. The average molecular weight is 311 g/mol. The minimum Gasteiger partial charge on any atom is -0.305 e. The highest BCUT2D eigenvalue weighted by Crippen LogP contribution is 2.30. The van der Waals surface area contributed by atoms with Gasteiger partial charge >= 0.3 is 0 Å². The SMILES string of the molecule is CN(C)C1CCN(Cc2ncnn2C2Cc3ccccc3C2)C1. The zero-order valence-electron chi connectivity index (χ0n) is 14.0. The van der Waals surface area contributed by atoms with Gasteiger partial charge in [-0.25, -0.2) is 9.67 Å². The van der Waals surface area contributed by atoms with E-state index in [0.29, 0.717) is 12.1 Å². The van der Waals surface area contributed by atoms with E-state index in [1.807, 2.05) is 0 Å². The Morgan fingerprint density at radius 1 is 1.17 bits per heavy atom. The molecule has 0 radical (unpaired) electrons. The number of rotatable bonds is 4. The third-order valence-corrected chi connectivity index (χ3v) is 5.37. The second kappa shape index (κ2) is 6.06. The second-order valence-electron chi connectivity index (χ2n) is 7.09. The molecule has 5 nitrogen and oxygen atoms in total. The van der Waals surface area contributed by atoms with Gasteiger partial charge in [-0.2, -0.15) is 5.10 Å². The van der Waals surface area contributed by atoms with Crippen LogP contribution in [0.25, 0.3) is 0 Å². The summed E-state index contributed by atoms with van der Waals surface area (Å²) in [5.74, 6) is 1.11. The first-order chi connectivity index (χ1) is 11.2. The summed E-state index contributed by atoms with van der Waals surface area (Å²) in [7, 11) is 4.35. The maximum absolute atomic E-state index is 4.55. The summed E-state index contributed by atoms with van der Waals surface area (Å²) in [6.07, 6.45) is 5.12. The molecule has 1 saturated heterocycles. The third kappa shape index (κ3) is 2.91. The lowest BCUT2D eigenvalue weighted by Crippen LogP contribution is -2.32. The number of nitrogens with zero attached hydrogens (tertiary/aromatic N) is 5. The van der Waals surface area contributed by atoms with Gasteiger partial charge in [0, 0.05) is 19.1 Å². The fraction of sp³-hybridized carbons (Fsp3) is 0.556. The van der Waals surface area contributed by atoms with Crippen LogP contribution in [0.3, 0.4) is 0 Å². The Kier molecular flexibility index (Phi) is 3.91. The molecule has 0 amide bonds. The number of fused-ring (bicyclic) bond motifs is 1. The van der Waals surface area contributed by atoms with Gasteiger partial charge < -0.3 is 4.90 Å². The quantitative estimate of drug-likeness (QED) is 0.862. The van der Waals surface area contributed by atoms with Crippen molar-refractivity contribution in [2.24, 2.45) is 0 Å². The van der Waals surface area contributed by atoms with Gasteiger partial charge in [-0.15, -0.1) is 0 Å². The van der Waals surface area contributed by atoms with Crippen molar-refractivity contribution in [1.29, 1.82) is 0 Å². The second-order valence-corrected chi connectivity index (χ2v) is 7.09. The molecule has 1 aliphatic heterocycles. The summed E-state index contributed by atoms with van der Waals surface area (Å²) in [5.41, 5.74) is 2.93. The molecule has 5 heteroatoms. The molecule has 23 heavy (non-hydrogen) atoms. The molecule has 1 atom stereocenters. The van der Waals surface area contributed by atoms with Crippen molar-refractivity contribution in [2.75, 3.05) is 27.2 Å². The summed E-state index contributed by atoms with van der Waals surface area (Å²) >= 11 is 0. The number of hydrogen-bond donors (Lipinski definition) is 0. The van der Waals surface area contributed by atoms with Crippen LogP contribution in [-0.4, -0.2) is 57.8 Å². The first kappa shape index (κ1) is 14.8. The Balaban J connectivity index is 1.46. The van der Waals surface area contributed by atoms with Gasteiger partial charge in [-0.1, -0.05) is 24.3 Å². The van der Waals surface area contributed by atoms with E-state index in [-0.39, 0.29) is 0 Å². The summed E-state index contributed by atoms with van der Waals surface area (Å²) in [6.45, 7) is 3.20. The molecule has 1 aromatic carbocycles. The van der Waals surface area contributed by atoms with Crippen molar-refractivity contribution >= 4 is 0 Å². The normalized spacial score (nSPS) is 22.1. The highest BCUT2D eigenvalue weighted by molar-refractivity contribution is 5.32. The number of likely N-dealkylation sites (N-methyl/N-ethyl adjacent to an activating group) is 1. The van der Waals surface area contributed by atoms with Crippen molar-refractivity contribution in [2.45, 2.75) is 37.9 Å². The van der Waals surface area contributed by atoms with Crippen LogP contribution in [0.5, 0.6) is 0 Å². The standard InChI is InChI=1S/C18H25N5/c1-21(2)16-7-8-22(11-16)12-18-19-13-20-23(18)17-9-14-5-3-4-6-15(14)10-17/h3-6,13,16-17H,7-12H2,1-2H3. The van der Waals surface area contributed by atoms with E-state index >= 15 is 0 Å². The van der Waals surface area contributed by atoms with Crippen LogP contribution < -0.4 is 0 Å². The molecule has 1 unspecified atom stereocenters. The molecule has 0 saturated carbocycles. The van der Waals surface area contributed by atoms with Gasteiger partial charge in [0.1, 0.15) is 12.2 Å². The molecule has 0 N–H and O–H groups in total. The van der Waals surface area contributed by atoms with Crippen LogP contribution in [0.2, 0.25) is 0 Å². The smallest absolute Gasteiger partial charge is 0.141 e. The monoisotopic (exact) mass is 311 g/mol. The molecule has 122 valence electrons. The Labute approximate surface area is 137 Å². The average Bonchev–Trinajstić information content (AvgIpc) is 3.25. The molecule has 0 spiro atoms. The van der Waals surface area contributed by atoms with E-state index < -0.39 is 0 Å². The van der Waals surface area contributed by atoms with Crippen LogP contribution in [0, 0.1) is 0 Å².